The van der Waals surface area contributed by atoms with Crippen molar-refractivity contribution >= 4 is 11.8 Å². The summed E-state index contributed by atoms with van der Waals surface area (Å²) in [6.07, 6.45) is 10.1. The first-order valence-electron chi connectivity index (χ1n) is 9.87. The maximum atomic E-state index is 12.9. The fourth-order valence-corrected chi connectivity index (χ4v) is 4.47. The van der Waals surface area contributed by atoms with E-state index in [0.29, 0.717) is 19.0 Å². The van der Waals surface area contributed by atoms with Gasteiger partial charge in [0.05, 0.1) is 17.5 Å². The van der Waals surface area contributed by atoms with Crippen LogP contribution in [0.1, 0.15) is 61.0 Å². The monoisotopic (exact) mass is 344 g/mol. The molecular weight excluding hydrogens is 316 g/mol. The molecule has 2 saturated heterocycles. The third-order valence-corrected chi connectivity index (χ3v) is 6.01. The fraction of sp³-hybridized carbons (Fsp3) is 0.737. The summed E-state index contributed by atoms with van der Waals surface area (Å²) in [5.41, 5.74) is 1.88. The number of carbonyl (C=O) groups excluding carboxylic acids is 2. The molecule has 0 radical (unpaired) electrons. The number of fused-ring (bicyclic) bond motifs is 1. The number of hydrogen-bond acceptors (Lipinski definition) is 3. The van der Waals surface area contributed by atoms with Crippen LogP contribution in [0.15, 0.2) is 6.20 Å². The molecule has 0 atom stereocenters. The average Bonchev–Trinajstić information content (AvgIpc) is 3.12. The SMILES string of the molecule is O=C(c1cnn2c1CCCC2)N1CCC(C(=O)N2CCCCC2)CC1. The highest BCUT2D eigenvalue weighted by Gasteiger charge is 2.32. The smallest absolute Gasteiger partial charge is 0.257 e. The Morgan fingerprint density at radius 3 is 2.36 bits per heavy atom. The molecule has 2 fully saturated rings. The van der Waals surface area contributed by atoms with Gasteiger partial charge >= 0.3 is 0 Å². The van der Waals surface area contributed by atoms with E-state index in [1.54, 1.807) is 6.20 Å². The second-order valence-corrected chi connectivity index (χ2v) is 7.64. The molecule has 136 valence electrons. The third kappa shape index (κ3) is 3.31. The van der Waals surface area contributed by atoms with E-state index in [-0.39, 0.29) is 11.8 Å². The van der Waals surface area contributed by atoms with Gasteiger partial charge in [0, 0.05) is 38.6 Å². The van der Waals surface area contributed by atoms with E-state index in [1.807, 2.05) is 14.5 Å². The third-order valence-electron chi connectivity index (χ3n) is 6.01. The number of hydrogen-bond donors (Lipinski definition) is 0. The summed E-state index contributed by atoms with van der Waals surface area (Å²) in [5, 5.41) is 4.39. The summed E-state index contributed by atoms with van der Waals surface area (Å²) in [4.78, 5) is 29.5. The topological polar surface area (TPSA) is 58.4 Å². The van der Waals surface area contributed by atoms with Crippen molar-refractivity contribution in [3.8, 4) is 0 Å². The molecule has 0 aliphatic carbocycles. The Morgan fingerprint density at radius 1 is 0.880 bits per heavy atom. The zero-order valence-electron chi connectivity index (χ0n) is 15.0. The van der Waals surface area contributed by atoms with Crippen molar-refractivity contribution in [1.29, 1.82) is 0 Å². The standard InChI is InChI=1S/C19H28N4O2/c24-18(21-9-3-1-4-10-21)15-7-12-22(13-8-15)19(25)16-14-20-23-11-5-2-6-17(16)23/h14-15H,1-13H2. The van der Waals surface area contributed by atoms with Gasteiger partial charge in [-0.15, -0.1) is 0 Å². The van der Waals surface area contributed by atoms with Crippen molar-refractivity contribution in [2.45, 2.75) is 57.9 Å². The summed E-state index contributed by atoms with van der Waals surface area (Å²) < 4.78 is 1.99. The molecular formula is C19H28N4O2. The van der Waals surface area contributed by atoms with Crippen LogP contribution in [0.2, 0.25) is 0 Å². The number of carbonyl (C=O) groups is 2. The van der Waals surface area contributed by atoms with Gasteiger partial charge in [0.2, 0.25) is 5.91 Å². The second-order valence-electron chi connectivity index (χ2n) is 7.64. The molecule has 0 saturated carbocycles. The van der Waals surface area contributed by atoms with Gasteiger partial charge in [0.25, 0.3) is 5.91 Å². The van der Waals surface area contributed by atoms with Gasteiger partial charge in [-0.1, -0.05) is 0 Å². The van der Waals surface area contributed by atoms with Gasteiger partial charge in [0.1, 0.15) is 0 Å². The van der Waals surface area contributed by atoms with Crippen molar-refractivity contribution in [2.75, 3.05) is 26.2 Å². The largest absolute Gasteiger partial charge is 0.342 e. The molecule has 4 heterocycles. The van der Waals surface area contributed by atoms with E-state index in [0.717, 1.165) is 75.8 Å². The lowest BCUT2D eigenvalue weighted by Gasteiger charge is -2.35. The van der Waals surface area contributed by atoms with Crippen molar-refractivity contribution in [3.05, 3.63) is 17.5 Å². The highest BCUT2D eigenvalue weighted by Crippen LogP contribution is 2.25. The normalized spacial score (nSPS) is 21.9. The Bertz CT molecular complexity index is 640. The van der Waals surface area contributed by atoms with E-state index in [9.17, 15) is 9.59 Å². The Kier molecular flexibility index (Phi) is 4.77. The van der Waals surface area contributed by atoms with Crippen molar-refractivity contribution in [2.24, 2.45) is 5.92 Å². The Morgan fingerprint density at radius 2 is 1.60 bits per heavy atom. The van der Waals surface area contributed by atoms with Crippen LogP contribution in [0.3, 0.4) is 0 Å². The summed E-state index contributed by atoms with van der Waals surface area (Å²) in [6.45, 7) is 4.14. The first-order chi connectivity index (χ1) is 12.2. The van der Waals surface area contributed by atoms with Gasteiger partial charge in [0.15, 0.2) is 0 Å². The van der Waals surface area contributed by atoms with E-state index in [4.69, 9.17) is 0 Å². The molecule has 2 amide bonds. The molecule has 1 aromatic heterocycles. The molecule has 0 bridgehead atoms. The van der Waals surface area contributed by atoms with Crippen LogP contribution in [0.4, 0.5) is 0 Å². The Labute approximate surface area is 149 Å². The molecule has 0 N–H and O–H groups in total. The van der Waals surface area contributed by atoms with Gasteiger partial charge in [-0.2, -0.15) is 5.10 Å². The molecule has 6 nitrogen and oxygen atoms in total. The molecule has 0 aromatic carbocycles. The molecule has 1 aromatic rings. The van der Waals surface area contributed by atoms with Crippen LogP contribution in [-0.2, 0) is 17.8 Å². The van der Waals surface area contributed by atoms with E-state index in [2.05, 4.69) is 5.10 Å². The van der Waals surface area contributed by atoms with E-state index >= 15 is 0 Å². The molecule has 3 aliphatic rings. The van der Waals surface area contributed by atoms with Crippen LogP contribution < -0.4 is 0 Å². The maximum Gasteiger partial charge on any atom is 0.257 e. The molecule has 25 heavy (non-hydrogen) atoms. The minimum atomic E-state index is 0.100. The zero-order valence-corrected chi connectivity index (χ0v) is 15.0. The average molecular weight is 344 g/mol. The van der Waals surface area contributed by atoms with Gasteiger partial charge in [-0.25, -0.2) is 0 Å². The van der Waals surface area contributed by atoms with Crippen LogP contribution in [0.25, 0.3) is 0 Å². The van der Waals surface area contributed by atoms with Crippen LogP contribution in [-0.4, -0.2) is 57.6 Å². The van der Waals surface area contributed by atoms with Gasteiger partial charge in [-0.05, 0) is 51.4 Å². The minimum Gasteiger partial charge on any atom is -0.342 e. The predicted octanol–water partition coefficient (Wildman–Crippen LogP) is 2.08. The van der Waals surface area contributed by atoms with E-state index < -0.39 is 0 Å². The minimum absolute atomic E-state index is 0.100. The zero-order chi connectivity index (χ0) is 17.2. The number of likely N-dealkylation sites (tertiary alicyclic amines) is 2. The first kappa shape index (κ1) is 16.6. The van der Waals surface area contributed by atoms with Crippen molar-refractivity contribution < 1.29 is 9.59 Å². The number of nitrogens with zero attached hydrogens (tertiary/aromatic N) is 4. The van der Waals surface area contributed by atoms with Crippen molar-refractivity contribution in [1.82, 2.24) is 19.6 Å². The predicted molar refractivity (Wildman–Crippen MR) is 94.2 cm³/mol. The van der Waals surface area contributed by atoms with Gasteiger partial charge < -0.3 is 9.80 Å². The summed E-state index contributed by atoms with van der Waals surface area (Å²) in [6, 6.07) is 0. The second kappa shape index (κ2) is 7.18. The highest BCUT2D eigenvalue weighted by molar-refractivity contribution is 5.95. The number of rotatable bonds is 2. The van der Waals surface area contributed by atoms with Crippen molar-refractivity contribution in [3.63, 3.8) is 0 Å². The Balaban J connectivity index is 1.36. The first-order valence-corrected chi connectivity index (χ1v) is 9.87. The number of aromatic nitrogens is 2. The van der Waals surface area contributed by atoms with Crippen LogP contribution in [0, 0.1) is 5.92 Å². The quantitative estimate of drug-likeness (QED) is 0.825. The lowest BCUT2D eigenvalue weighted by atomic mass is 9.93. The fourth-order valence-electron chi connectivity index (χ4n) is 4.47. The summed E-state index contributed by atoms with van der Waals surface area (Å²) in [7, 11) is 0. The van der Waals surface area contributed by atoms with Crippen LogP contribution in [0.5, 0.6) is 0 Å². The Hall–Kier alpha value is -1.85. The molecule has 0 spiro atoms. The number of amides is 2. The number of piperidine rings is 2. The molecule has 3 aliphatic heterocycles. The summed E-state index contributed by atoms with van der Waals surface area (Å²) >= 11 is 0. The van der Waals surface area contributed by atoms with Gasteiger partial charge in [-0.3, -0.25) is 14.3 Å². The van der Waals surface area contributed by atoms with E-state index in [1.165, 1.54) is 6.42 Å². The summed E-state index contributed by atoms with van der Waals surface area (Å²) in [5.74, 6) is 0.518. The lowest BCUT2D eigenvalue weighted by Crippen LogP contribution is -2.45. The molecule has 6 heteroatoms. The molecule has 0 unspecified atom stereocenters. The van der Waals surface area contributed by atoms with Crippen LogP contribution >= 0.6 is 0 Å². The molecule has 4 rings (SSSR count). The maximum absolute atomic E-state index is 12.9. The highest BCUT2D eigenvalue weighted by atomic mass is 16.2. The lowest BCUT2D eigenvalue weighted by molar-refractivity contribution is -0.137. The number of aryl methyl sites for hydroxylation is 1.